The number of nitrogens with one attached hydrogen (secondary N) is 1. The fourth-order valence-corrected chi connectivity index (χ4v) is 2.96. The largest absolute Gasteiger partial charge is 0.465 e. The van der Waals surface area contributed by atoms with E-state index in [1.807, 2.05) is 6.07 Å². The van der Waals surface area contributed by atoms with Crippen molar-refractivity contribution in [3.05, 3.63) is 26.6 Å². The Balaban J connectivity index is 2.28. The van der Waals surface area contributed by atoms with Gasteiger partial charge in [0.25, 0.3) is 0 Å². The number of benzene rings is 1. The molecule has 1 fully saturated rings. The highest BCUT2D eigenvalue weighted by atomic mass is 79.9. The number of halogens is 2. The van der Waals surface area contributed by atoms with E-state index in [2.05, 4.69) is 37.2 Å². The number of carbonyl (C=O) groups excluding carboxylic acids is 1. The van der Waals surface area contributed by atoms with E-state index in [0.29, 0.717) is 5.56 Å². The summed E-state index contributed by atoms with van der Waals surface area (Å²) in [4.78, 5) is 11.7. The van der Waals surface area contributed by atoms with Crippen LogP contribution in [0.5, 0.6) is 0 Å². The Morgan fingerprint density at radius 3 is 2.76 bits per heavy atom. The van der Waals surface area contributed by atoms with Crippen LogP contribution in [0.1, 0.15) is 23.2 Å². The molecule has 0 spiro atoms. The quantitative estimate of drug-likeness (QED) is 0.827. The Bertz CT molecular complexity index is 444. The maximum Gasteiger partial charge on any atom is 0.340 e. The molecule has 5 heteroatoms. The van der Waals surface area contributed by atoms with Crippen molar-refractivity contribution >= 4 is 43.5 Å². The number of hydrogen-bond donors (Lipinski definition) is 1. The number of rotatable bonds is 4. The summed E-state index contributed by atoms with van der Waals surface area (Å²) in [5.41, 5.74) is 1.36. The molecular weight excluding hydrogens is 350 g/mol. The minimum Gasteiger partial charge on any atom is -0.465 e. The monoisotopic (exact) mass is 361 g/mol. The summed E-state index contributed by atoms with van der Waals surface area (Å²) >= 11 is 6.84. The van der Waals surface area contributed by atoms with Gasteiger partial charge >= 0.3 is 5.97 Å². The van der Waals surface area contributed by atoms with Crippen LogP contribution in [0, 0.1) is 5.92 Å². The summed E-state index contributed by atoms with van der Waals surface area (Å²) in [5.74, 6) is 0.418. The van der Waals surface area contributed by atoms with Crippen LogP contribution < -0.4 is 5.32 Å². The maximum absolute atomic E-state index is 11.7. The molecule has 0 amide bonds. The lowest BCUT2D eigenvalue weighted by atomic mass is 10.1. The van der Waals surface area contributed by atoms with Gasteiger partial charge < -0.3 is 10.1 Å². The third-order valence-electron chi connectivity index (χ3n) is 2.72. The molecule has 0 unspecified atom stereocenters. The number of hydrogen-bond acceptors (Lipinski definition) is 3. The lowest BCUT2D eigenvalue weighted by Crippen LogP contribution is -2.11. The van der Waals surface area contributed by atoms with Gasteiger partial charge in [0, 0.05) is 15.5 Å². The molecule has 3 nitrogen and oxygen atoms in total. The molecule has 0 aromatic heterocycles. The van der Waals surface area contributed by atoms with Crippen LogP contribution in [0.15, 0.2) is 21.1 Å². The minimum atomic E-state index is -0.328. The molecule has 0 atom stereocenters. The lowest BCUT2D eigenvalue weighted by molar-refractivity contribution is 0.0601. The second kappa shape index (κ2) is 5.40. The first-order chi connectivity index (χ1) is 8.11. The normalized spacial score (nSPS) is 14.5. The summed E-state index contributed by atoms with van der Waals surface area (Å²) in [6.07, 6.45) is 2.55. The van der Waals surface area contributed by atoms with Crippen molar-refractivity contribution in [2.75, 3.05) is 19.0 Å². The molecule has 1 saturated carbocycles. The van der Waals surface area contributed by atoms with Crippen LogP contribution in [0.25, 0.3) is 0 Å². The maximum atomic E-state index is 11.7. The van der Waals surface area contributed by atoms with Crippen LogP contribution in [-0.2, 0) is 4.74 Å². The summed E-state index contributed by atoms with van der Waals surface area (Å²) in [7, 11) is 1.39. The molecule has 17 heavy (non-hydrogen) atoms. The Morgan fingerprint density at radius 1 is 1.47 bits per heavy atom. The second-order valence-corrected chi connectivity index (χ2v) is 5.90. The van der Waals surface area contributed by atoms with Gasteiger partial charge in [0.2, 0.25) is 0 Å². The van der Waals surface area contributed by atoms with Gasteiger partial charge in [-0.15, -0.1) is 0 Å². The summed E-state index contributed by atoms with van der Waals surface area (Å²) in [6, 6.07) is 3.69. The molecule has 1 aromatic carbocycles. The molecule has 1 N–H and O–H groups in total. The van der Waals surface area contributed by atoms with Crippen molar-refractivity contribution in [3.8, 4) is 0 Å². The van der Waals surface area contributed by atoms with E-state index >= 15 is 0 Å². The number of anilines is 1. The molecule has 1 aromatic rings. The zero-order valence-corrected chi connectivity index (χ0v) is 12.6. The number of ether oxygens (including phenoxy) is 1. The van der Waals surface area contributed by atoms with E-state index in [1.165, 1.54) is 20.0 Å². The van der Waals surface area contributed by atoms with E-state index in [4.69, 9.17) is 4.74 Å². The molecule has 1 aliphatic carbocycles. The molecule has 0 bridgehead atoms. The highest BCUT2D eigenvalue weighted by molar-refractivity contribution is 9.11. The fraction of sp³-hybridized carbons (Fsp3) is 0.417. The number of carbonyl (C=O) groups is 1. The SMILES string of the molecule is COC(=O)c1cc(Br)cc(Br)c1NCC1CC1. The topological polar surface area (TPSA) is 38.3 Å². The molecule has 0 saturated heterocycles. The molecule has 2 rings (SSSR count). The van der Waals surface area contributed by atoms with Crippen molar-refractivity contribution in [2.45, 2.75) is 12.8 Å². The van der Waals surface area contributed by atoms with Gasteiger partial charge in [-0.3, -0.25) is 0 Å². The van der Waals surface area contributed by atoms with Crippen LogP contribution in [-0.4, -0.2) is 19.6 Å². The van der Waals surface area contributed by atoms with Crippen LogP contribution in [0.3, 0.4) is 0 Å². The van der Waals surface area contributed by atoms with Crippen LogP contribution in [0.2, 0.25) is 0 Å². The van der Waals surface area contributed by atoms with Crippen molar-refractivity contribution in [1.29, 1.82) is 0 Å². The Kier molecular flexibility index (Phi) is 4.09. The van der Waals surface area contributed by atoms with Gasteiger partial charge in [-0.2, -0.15) is 0 Å². The van der Waals surface area contributed by atoms with Gasteiger partial charge in [-0.25, -0.2) is 4.79 Å². The van der Waals surface area contributed by atoms with Crippen molar-refractivity contribution in [2.24, 2.45) is 5.92 Å². The molecule has 0 radical (unpaired) electrons. The molecule has 92 valence electrons. The van der Waals surface area contributed by atoms with E-state index < -0.39 is 0 Å². The summed E-state index contributed by atoms with van der Waals surface area (Å²) in [5, 5.41) is 3.32. The van der Waals surface area contributed by atoms with Crippen molar-refractivity contribution in [3.63, 3.8) is 0 Å². The van der Waals surface area contributed by atoms with Crippen molar-refractivity contribution in [1.82, 2.24) is 0 Å². The standard InChI is InChI=1S/C12H13Br2NO2/c1-17-12(16)9-4-8(13)5-10(14)11(9)15-6-7-2-3-7/h4-5,7,15H,2-3,6H2,1H3. The summed E-state index contributed by atoms with van der Waals surface area (Å²) in [6.45, 7) is 0.907. The molecule has 0 heterocycles. The van der Waals surface area contributed by atoms with Gasteiger partial charge in [-0.05, 0) is 46.8 Å². The number of esters is 1. The third-order valence-corrected chi connectivity index (χ3v) is 3.81. The molecule has 1 aliphatic rings. The highest BCUT2D eigenvalue weighted by Gasteiger charge is 2.23. The third kappa shape index (κ3) is 3.22. The Labute approximate surface area is 117 Å². The zero-order chi connectivity index (χ0) is 12.4. The molecule has 0 aliphatic heterocycles. The lowest BCUT2D eigenvalue weighted by Gasteiger charge is -2.13. The van der Waals surface area contributed by atoms with Crippen LogP contribution in [0.4, 0.5) is 5.69 Å². The second-order valence-electron chi connectivity index (χ2n) is 4.13. The van der Waals surface area contributed by atoms with Gasteiger partial charge in [-0.1, -0.05) is 15.9 Å². The van der Waals surface area contributed by atoms with Gasteiger partial charge in [0.1, 0.15) is 0 Å². The predicted octanol–water partition coefficient (Wildman–Crippen LogP) is 3.82. The Morgan fingerprint density at radius 2 is 2.18 bits per heavy atom. The van der Waals surface area contributed by atoms with Crippen molar-refractivity contribution < 1.29 is 9.53 Å². The fourth-order valence-electron chi connectivity index (χ4n) is 1.59. The number of methoxy groups -OCH3 is 1. The minimum absolute atomic E-state index is 0.328. The Hall–Kier alpha value is -0.550. The first-order valence-corrected chi connectivity index (χ1v) is 7.01. The van der Waals surface area contributed by atoms with Gasteiger partial charge in [0.05, 0.1) is 18.4 Å². The first kappa shape index (κ1) is 12.9. The van der Waals surface area contributed by atoms with Crippen LogP contribution >= 0.6 is 31.9 Å². The predicted molar refractivity (Wildman–Crippen MR) is 74.4 cm³/mol. The van der Waals surface area contributed by atoms with E-state index in [9.17, 15) is 4.79 Å². The van der Waals surface area contributed by atoms with Gasteiger partial charge in [0.15, 0.2) is 0 Å². The van der Waals surface area contributed by atoms with E-state index in [-0.39, 0.29) is 5.97 Å². The van der Waals surface area contributed by atoms with E-state index in [0.717, 1.165) is 27.1 Å². The first-order valence-electron chi connectivity index (χ1n) is 5.43. The van der Waals surface area contributed by atoms with E-state index in [1.54, 1.807) is 6.07 Å². The average molecular weight is 363 g/mol. The highest BCUT2D eigenvalue weighted by Crippen LogP contribution is 2.34. The molecular formula is C12H13Br2NO2. The average Bonchev–Trinajstić information content (AvgIpc) is 3.09. The zero-order valence-electron chi connectivity index (χ0n) is 9.43. The smallest absolute Gasteiger partial charge is 0.340 e. The summed E-state index contributed by atoms with van der Waals surface area (Å²) < 4.78 is 6.51.